The average molecular weight is 525 g/mol. The van der Waals surface area contributed by atoms with Crippen molar-refractivity contribution in [3.8, 4) is 17.2 Å². The van der Waals surface area contributed by atoms with Crippen molar-refractivity contribution in [3.63, 3.8) is 0 Å². The molecule has 3 aromatic carbocycles. The van der Waals surface area contributed by atoms with Gasteiger partial charge in [0.05, 0.1) is 6.42 Å². The summed E-state index contributed by atoms with van der Waals surface area (Å²) in [5, 5.41) is 0. The molecule has 7 nitrogen and oxygen atoms in total. The van der Waals surface area contributed by atoms with Crippen LogP contribution in [0.3, 0.4) is 0 Å². The maximum Gasteiger partial charge on any atom is 0.327 e. The van der Waals surface area contributed by atoms with E-state index in [4.69, 9.17) is 14.2 Å². The molecule has 0 radical (unpaired) electrons. The fourth-order valence-electron chi connectivity index (χ4n) is 5.28. The molecular weight excluding hydrogens is 499 g/mol. The van der Waals surface area contributed by atoms with Crippen molar-refractivity contribution in [2.45, 2.75) is 18.4 Å². The first-order valence-electron chi connectivity index (χ1n) is 12.0. The molecule has 3 aliphatic heterocycles. The zero-order valence-corrected chi connectivity index (χ0v) is 20.8. The van der Waals surface area contributed by atoms with E-state index in [1.807, 2.05) is 24.3 Å². The van der Waals surface area contributed by atoms with Gasteiger partial charge in [-0.15, -0.1) is 12.4 Å². The van der Waals surface area contributed by atoms with Gasteiger partial charge in [-0.05, 0) is 41.5 Å². The van der Waals surface area contributed by atoms with Crippen LogP contribution in [0.4, 0.5) is 4.39 Å². The molecule has 0 N–H and O–H groups in total. The number of carbonyl (C=O) groups excluding carboxylic acids is 2. The molecule has 3 aromatic rings. The Labute approximate surface area is 220 Å². The minimum atomic E-state index is -1.38. The number of ether oxygens (including phenoxy) is 3. The van der Waals surface area contributed by atoms with Crippen molar-refractivity contribution in [1.82, 2.24) is 9.80 Å². The van der Waals surface area contributed by atoms with Gasteiger partial charge < -0.3 is 19.1 Å². The van der Waals surface area contributed by atoms with Crippen molar-refractivity contribution in [1.29, 1.82) is 0 Å². The summed E-state index contributed by atoms with van der Waals surface area (Å²) in [6, 6.07) is 19.0. The number of halogens is 2. The van der Waals surface area contributed by atoms with Crippen LogP contribution in [0.5, 0.6) is 17.2 Å². The third-order valence-corrected chi connectivity index (χ3v) is 7.20. The molecule has 0 spiro atoms. The van der Waals surface area contributed by atoms with Gasteiger partial charge in [-0.3, -0.25) is 14.5 Å². The summed E-state index contributed by atoms with van der Waals surface area (Å²) in [6.07, 6.45) is -0.117. The van der Waals surface area contributed by atoms with Crippen LogP contribution in [0, 0.1) is 5.82 Å². The van der Waals surface area contributed by atoms with Gasteiger partial charge in [-0.25, -0.2) is 4.39 Å². The zero-order chi connectivity index (χ0) is 24.7. The molecule has 3 aliphatic rings. The second-order valence-corrected chi connectivity index (χ2v) is 9.32. The summed E-state index contributed by atoms with van der Waals surface area (Å²) < 4.78 is 30.6. The number of esters is 1. The number of hydrogen-bond donors (Lipinski definition) is 0. The largest absolute Gasteiger partial charge is 0.454 e. The maximum absolute atomic E-state index is 14.3. The van der Waals surface area contributed by atoms with Gasteiger partial charge in [-0.2, -0.15) is 0 Å². The Hall–Kier alpha value is -3.62. The van der Waals surface area contributed by atoms with E-state index in [1.165, 1.54) is 18.2 Å². The summed E-state index contributed by atoms with van der Waals surface area (Å²) in [5.41, 5.74) is 0.761. The number of nitrogens with zero attached hydrogens (tertiary/aromatic N) is 2. The lowest BCUT2D eigenvalue weighted by Gasteiger charge is -2.36. The van der Waals surface area contributed by atoms with Crippen LogP contribution >= 0.6 is 12.4 Å². The molecule has 3 heterocycles. The van der Waals surface area contributed by atoms with Gasteiger partial charge in [0.25, 0.3) is 0 Å². The van der Waals surface area contributed by atoms with Gasteiger partial charge >= 0.3 is 5.97 Å². The predicted molar refractivity (Wildman–Crippen MR) is 136 cm³/mol. The summed E-state index contributed by atoms with van der Waals surface area (Å²) in [4.78, 5) is 30.9. The van der Waals surface area contributed by atoms with Crippen LogP contribution in [0.25, 0.3) is 0 Å². The maximum atomic E-state index is 14.3. The van der Waals surface area contributed by atoms with Gasteiger partial charge in [0, 0.05) is 38.3 Å². The second-order valence-electron chi connectivity index (χ2n) is 9.32. The molecule has 9 heteroatoms. The van der Waals surface area contributed by atoms with Gasteiger partial charge in [-0.1, -0.05) is 36.4 Å². The highest BCUT2D eigenvalue weighted by Crippen LogP contribution is 2.47. The Kier molecular flexibility index (Phi) is 6.79. The fourth-order valence-corrected chi connectivity index (χ4v) is 5.28. The summed E-state index contributed by atoms with van der Waals surface area (Å²) in [5.74, 6) is 0.629. The first kappa shape index (κ1) is 25.0. The standard InChI is InChI=1S/C28H25FN2O5.ClH/c29-21-7-9-23-22(15-21)28(27(33)36-23,20-4-2-1-3-5-20)16-26(32)31-12-10-30(11-13-31)17-19-6-8-24-25(14-19)35-18-34-24;/h1-9,14-15H,10-13,16-18H2;1H. The summed E-state index contributed by atoms with van der Waals surface area (Å²) >= 11 is 0. The monoisotopic (exact) mass is 524 g/mol. The van der Waals surface area contributed by atoms with Gasteiger partial charge in [0.15, 0.2) is 11.5 Å². The lowest BCUT2D eigenvalue weighted by Crippen LogP contribution is -2.50. The normalized spacial score (nSPS) is 20.2. The second kappa shape index (κ2) is 10.0. The number of amides is 1. The molecule has 1 unspecified atom stereocenters. The molecule has 1 fully saturated rings. The molecule has 0 bridgehead atoms. The summed E-state index contributed by atoms with van der Waals surface area (Å²) in [6.45, 7) is 3.47. The third kappa shape index (κ3) is 4.51. The molecule has 1 amide bonds. The summed E-state index contributed by atoms with van der Waals surface area (Å²) in [7, 11) is 0. The van der Waals surface area contributed by atoms with Gasteiger partial charge in [0.2, 0.25) is 12.7 Å². The Balaban J connectivity index is 0.00000280. The van der Waals surface area contributed by atoms with Crippen molar-refractivity contribution >= 4 is 24.3 Å². The molecule has 6 rings (SSSR count). The Morgan fingerprint density at radius 2 is 1.62 bits per heavy atom. The van der Waals surface area contributed by atoms with E-state index in [9.17, 15) is 14.0 Å². The van der Waals surface area contributed by atoms with E-state index in [-0.39, 0.29) is 31.5 Å². The minimum absolute atomic E-state index is 0. The van der Waals surface area contributed by atoms with Crippen LogP contribution in [-0.2, 0) is 21.5 Å². The zero-order valence-electron chi connectivity index (χ0n) is 20.0. The number of hydrogen-bond acceptors (Lipinski definition) is 6. The molecule has 0 saturated carbocycles. The van der Waals surface area contributed by atoms with E-state index >= 15 is 0 Å². The van der Waals surface area contributed by atoms with Crippen molar-refractivity contribution < 1.29 is 28.2 Å². The number of fused-ring (bicyclic) bond motifs is 2. The van der Waals surface area contributed by atoms with Crippen LogP contribution in [0.1, 0.15) is 23.1 Å². The van der Waals surface area contributed by atoms with E-state index in [0.29, 0.717) is 43.1 Å². The Bertz CT molecular complexity index is 1330. The highest BCUT2D eigenvalue weighted by molar-refractivity contribution is 5.98. The molecule has 192 valence electrons. The minimum Gasteiger partial charge on any atom is -0.454 e. The van der Waals surface area contributed by atoms with E-state index in [2.05, 4.69) is 4.90 Å². The first-order chi connectivity index (χ1) is 17.5. The third-order valence-electron chi connectivity index (χ3n) is 7.20. The van der Waals surface area contributed by atoms with Gasteiger partial charge in [0.1, 0.15) is 17.0 Å². The van der Waals surface area contributed by atoms with E-state index in [1.54, 1.807) is 29.2 Å². The molecule has 0 aliphatic carbocycles. The first-order valence-corrected chi connectivity index (χ1v) is 12.0. The lowest BCUT2D eigenvalue weighted by atomic mass is 9.72. The SMILES string of the molecule is Cl.O=C(CC1(c2ccccc2)C(=O)Oc2ccc(F)cc21)N1CCN(Cc2ccc3c(c2)OCO3)CC1. The van der Waals surface area contributed by atoms with Crippen LogP contribution < -0.4 is 14.2 Å². The Morgan fingerprint density at radius 3 is 2.41 bits per heavy atom. The Morgan fingerprint density at radius 1 is 0.892 bits per heavy atom. The molecule has 1 saturated heterocycles. The van der Waals surface area contributed by atoms with Crippen molar-refractivity contribution in [2.24, 2.45) is 0 Å². The van der Waals surface area contributed by atoms with Crippen LogP contribution in [-0.4, -0.2) is 54.6 Å². The predicted octanol–water partition coefficient (Wildman–Crippen LogP) is 3.92. The topological polar surface area (TPSA) is 68.3 Å². The molecule has 0 aromatic heterocycles. The quantitative estimate of drug-likeness (QED) is 0.372. The van der Waals surface area contributed by atoms with E-state index in [0.717, 1.165) is 23.6 Å². The molecule has 1 atom stereocenters. The average Bonchev–Trinajstić information content (AvgIpc) is 3.47. The number of piperazine rings is 1. The smallest absolute Gasteiger partial charge is 0.327 e. The highest BCUT2D eigenvalue weighted by Gasteiger charge is 2.52. The van der Waals surface area contributed by atoms with Crippen molar-refractivity contribution in [2.75, 3.05) is 33.0 Å². The molecule has 37 heavy (non-hydrogen) atoms. The van der Waals surface area contributed by atoms with Crippen LogP contribution in [0.2, 0.25) is 0 Å². The van der Waals surface area contributed by atoms with Crippen LogP contribution in [0.15, 0.2) is 66.7 Å². The van der Waals surface area contributed by atoms with Crippen molar-refractivity contribution in [3.05, 3.63) is 89.2 Å². The molecular formula is C28H26ClFN2O5. The number of benzene rings is 3. The fraction of sp³-hybridized carbons (Fsp3) is 0.286. The van der Waals surface area contributed by atoms with E-state index < -0.39 is 17.2 Å². The number of carbonyl (C=O) groups is 2. The number of rotatable bonds is 5. The lowest BCUT2D eigenvalue weighted by molar-refractivity contribution is -0.142. The highest BCUT2D eigenvalue weighted by atomic mass is 35.5.